The van der Waals surface area contributed by atoms with Gasteiger partial charge in [0.25, 0.3) is 0 Å². The topological polar surface area (TPSA) is 65.5 Å². The van der Waals surface area contributed by atoms with Gasteiger partial charge < -0.3 is 14.9 Å². The van der Waals surface area contributed by atoms with Crippen LogP contribution in [-0.4, -0.2) is 13.1 Å². The van der Waals surface area contributed by atoms with Crippen molar-refractivity contribution in [3.63, 3.8) is 0 Å². The lowest BCUT2D eigenvalue weighted by atomic mass is 10.1. The minimum atomic E-state index is -0.864. The summed E-state index contributed by atoms with van der Waals surface area (Å²) in [5.41, 5.74) is 7.51. The molecule has 0 radical (unpaired) electrons. The average molecular weight is 219 g/mol. The number of carbonyl (C=O) groups excluding carboxylic acids is 1. The standard InChI is InChI=1S/C12H13NO3/c1-7-4-3-5-9-8(7)6-10(16-9)11(13)12(14)15-2/h3-6,11H,13H2,1-2H3. The van der Waals surface area contributed by atoms with Gasteiger partial charge in [0.1, 0.15) is 11.3 Å². The fourth-order valence-corrected chi connectivity index (χ4v) is 1.62. The van der Waals surface area contributed by atoms with Gasteiger partial charge in [0.15, 0.2) is 6.04 Å². The van der Waals surface area contributed by atoms with Gasteiger partial charge in [-0.2, -0.15) is 0 Å². The Labute approximate surface area is 93.0 Å². The highest BCUT2D eigenvalue weighted by Gasteiger charge is 2.20. The monoisotopic (exact) mass is 219 g/mol. The van der Waals surface area contributed by atoms with E-state index in [1.54, 1.807) is 6.07 Å². The van der Waals surface area contributed by atoms with Crippen LogP contribution in [0.25, 0.3) is 11.0 Å². The molecule has 1 aromatic heterocycles. The van der Waals surface area contributed by atoms with E-state index in [0.29, 0.717) is 5.76 Å². The second-order valence-electron chi connectivity index (χ2n) is 3.64. The molecule has 2 N–H and O–H groups in total. The summed E-state index contributed by atoms with van der Waals surface area (Å²) in [5, 5.41) is 0.969. The van der Waals surface area contributed by atoms with Gasteiger partial charge in [-0.1, -0.05) is 12.1 Å². The molecular weight excluding hydrogens is 206 g/mol. The Morgan fingerprint density at radius 3 is 2.88 bits per heavy atom. The summed E-state index contributed by atoms with van der Waals surface area (Å²) in [5.74, 6) is -0.0761. The molecule has 1 atom stereocenters. The van der Waals surface area contributed by atoms with Crippen molar-refractivity contribution >= 4 is 16.9 Å². The third-order valence-corrected chi connectivity index (χ3v) is 2.56. The lowest BCUT2D eigenvalue weighted by Gasteiger charge is -2.04. The average Bonchev–Trinajstić information content (AvgIpc) is 2.72. The number of carbonyl (C=O) groups is 1. The number of fused-ring (bicyclic) bond motifs is 1. The van der Waals surface area contributed by atoms with Crippen LogP contribution in [-0.2, 0) is 9.53 Å². The number of furan rings is 1. The van der Waals surface area contributed by atoms with E-state index in [1.165, 1.54) is 7.11 Å². The molecule has 0 aliphatic carbocycles. The van der Waals surface area contributed by atoms with E-state index < -0.39 is 12.0 Å². The predicted molar refractivity (Wildman–Crippen MR) is 59.9 cm³/mol. The number of ether oxygens (including phenoxy) is 1. The lowest BCUT2D eigenvalue weighted by molar-refractivity contribution is -0.142. The number of benzene rings is 1. The molecule has 0 amide bonds. The Kier molecular flexibility index (Phi) is 2.66. The van der Waals surface area contributed by atoms with Crippen molar-refractivity contribution in [1.29, 1.82) is 0 Å². The van der Waals surface area contributed by atoms with Crippen molar-refractivity contribution in [1.82, 2.24) is 0 Å². The van der Waals surface area contributed by atoms with E-state index in [-0.39, 0.29) is 0 Å². The maximum Gasteiger partial charge on any atom is 0.330 e. The Morgan fingerprint density at radius 1 is 1.50 bits per heavy atom. The SMILES string of the molecule is COC(=O)C(N)c1cc2c(C)cccc2o1. The molecule has 16 heavy (non-hydrogen) atoms. The van der Waals surface area contributed by atoms with Gasteiger partial charge in [0.05, 0.1) is 7.11 Å². The number of nitrogens with two attached hydrogens (primary N) is 1. The number of hydrogen-bond acceptors (Lipinski definition) is 4. The molecule has 2 rings (SSSR count). The molecule has 0 saturated carbocycles. The zero-order valence-corrected chi connectivity index (χ0v) is 9.19. The zero-order valence-electron chi connectivity index (χ0n) is 9.19. The first-order valence-corrected chi connectivity index (χ1v) is 4.96. The maximum absolute atomic E-state index is 11.3. The molecule has 1 unspecified atom stereocenters. The van der Waals surface area contributed by atoms with E-state index in [4.69, 9.17) is 10.2 Å². The summed E-state index contributed by atoms with van der Waals surface area (Å²) >= 11 is 0. The van der Waals surface area contributed by atoms with E-state index in [0.717, 1.165) is 16.5 Å². The van der Waals surface area contributed by atoms with Crippen LogP contribution in [0.3, 0.4) is 0 Å². The van der Waals surface area contributed by atoms with Gasteiger partial charge in [-0.25, -0.2) is 4.79 Å². The molecule has 2 aromatic rings. The molecule has 1 aromatic carbocycles. The van der Waals surface area contributed by atoms with Crippen LogP contribution in [0, 0.1) is 6.92 Å². The van der Waals surface area contributed by atoms with Crippen molar-refractivity contribution in [2.45, 2.75) is 13.0 Å². The summed E-state index contributed by atoms with van der Waals surface area (Å²) < 4.78 is 10.1. The summed E-state index contributed by atoms with van der Waals surface area (Å²) in [7, 11) is 1.30. The van der Waals surface area contributed by atoms with Crippen molar-refractivity contribution in [3.8, 4) is 0 Å². The predicted octanol–water partition coefficient (Wildman–Crippen LogP) is 1.91. The van der Waals surface area contributed by atoms with E-state index >= 15 is 0 Å². The quantitative estimate of drug-likeness (QED) is 0.783. The van der Waals surface area contributed by atoms with Gasteiger partial charge >= 0.3 is 5.97 Å². The Balaban J connectivity index is 2.47. The summed E-state index contributed by atoms with van der Waals surface area (Å²) in [6.07, 6.45) is 0. The molecule has 0 spiro atoms. The van der Waals surface area contributed by atoms with Gasteiger partial charge in [-0.3, -0.25) is 0 Å². The molecule has 84 valence electrons. The minimum Gasteiger partial charge on any atom is -0.468 e. The molecular formula is C12H13NO3. The number of aryl methyl sites for hydroxylation is 1. The lowest BCUT2D eigenvalue weighted by Crippen LogP contribution is -2.21. The van der Waals surface area contributed by atoms with Crippen molar-refractivity contribution in [3.05, 3.63) is 35.6 Å². The van der Waals surface area contributed by atoms with Crippen LogP contribution >= 0.6 is 0 Å². The summed E-state index contributed by atoms with van der Waals surface area (Å²) in [6, 6.07) is 6.64. The highest BCUT2D eigenvalue weighted by atomic mass is 16.5. The minimum absolute atomic E-state index is 0.427. The molecule has 4 heteroatoms. The molecule has 0 aliphatic rings. The number of rotatable bonds is 2. The normalized spacial score (nSPS) is 12.7. The van der Waals surface area contributed by atoms with Crippen LogP contribution in [0.2, 0.25) is 0 Å². The largest absolute Gasteiger partial charge is 0.468 e. The smallest absolute Gasteiger partial charge is 0.330 e. The molecule has 1 heterocycles. The molecule has 4 nitrogen and oxygen atoms in total. The van der Waals surface area contributed by atoms with Crippen LogP contribution in [0.5, 0.6) is 0 Å². The molecule has 0 bridgehead atoms. The van der Waals surface area contributed by atoms with E-state index in [2.05, 4.69) is 4.74 Å². The maximum atomic E-state index is 11.3. The summed E-state index contributed by atoms with van der Waals surface area (Å²) in [4.78, 5) is 11.3. The number of methoxy groups -OCH3 is 1. The van der Waals surface area contributed by atoms with Gasteiger partial charge in [-0.05, 0) is 24.6 Å². The van der Waals surface area contributed by atoms with Crippen molar-refractivity contribution < 1.29 is 13.9 Å². The number of esters is 1. The zero-order chi connectivity index (χ0) is 11.7. The Hall–Kier alpha value is -1.81. The van der Waals surface area contributed by atoms with Gasteiger partial charge in [0, 0.05) is 5.39 Å². The first-order valence-electron chi connectivity index (χ1n) is 4.96. The van der Waals surface area contributed by atoms with Crippen LogP contribution in [0.4, 0.5) is 0 Å². The van der Waals surface area contributed by atoms with Gasteiger partial charge in [0.2, 0.25) is 0 Å². The van der Waals surface area contributed by atoms with Crippen molar-refractivity contribution in [2.75, 3.05) is 7.11 Å². The molecule has 0 aliphatic heterocycles. The highest BCUT2D eigenvalue weighted by Crippen LogP contribution is 2.25. The molecule has 0 saturated heterocycles. The van der Waals surface area contributed by atoms with Crippen LogP contribution in [0.1, 0.15) is 17.4 Å². The van der Waals surface area contributed by atoms with Gasteiger partial charge in [-0.15, -0.1) is 0 Å². The fourth-order valence-electron chi connectivity index (χ4n) is 1.62. The third-order valence-electron chi connectivity index (χ3n) is 2.56. The second-order valence-corrected chi connectivity index (χ2v) is 3.64. The van der Waals surface area contributed by atoms with Crippen LogP contribution < -0.4 is 5.73 Å². The van der Waals surface area contributed by atoms with Crippen LogP contribution in [0.15, 0.2) is 28.7 Å². The summed E-state index contributed by atoms with van der Waals surface area (Å²) in [6.45, 7) is 1.98. The Bertz CT molecular complexity index is 530. The number of hydrogen-bond donors (Lipinski definition) is 1. The van der Waals surface area contributed by atoms with Crippen molar-refractivity contribution in [2.24, 2.45) is 5.73 Å². The van der Waals surface area contributed by atoms with E-state index in [1.807, 2.05) is 25.1 Å². The third kappa shape index (κ3) is 1.67. The van der Waals surface area contributed by atoms with E-state index in [9.17, 15) is 4.79 Å². The first-order chi connectivity index (χ1) is 7.63. The first kappa shape index (κ1) is 10.7. The molecule has 0 fully saturated rings. The highest BCUT2D eigenvalue weighted by molar-refractivity contribution is 5.84. The fraction of sp³-hybridized carbons (Fsp3) is 0.250. The second kappa shape index (κ2) is 3.98. The Morgan fingerprint density at radius 2 is 2.25 bits per heavy atom.